The first-order valence-electron chi connectivity index (χ1n) is 21.7. The van der Waals surface area contributed by atoms with Gasteiger partial charge in [-0.25, -0.2) is 8.78 Å². The number of hydrogen-bond acceptors (Lipinski definition) is 2. The van der Waals surface area contributed by atoms with Gasteiger partial charge in [0, 0.05) is 33.0 Å². The Kier molecular flexibility index (Phi) is 9.28. The monoisotopic (exact) mass is 844 g/mol. The van der Waals surface area contributed by atoms with E-state index in [2.05, 4.69) is 82.9 Å². The molecule has 8 aromatic carbocycles. The summed E-state index contributed by atoms with van der Waals surface area (Å²) in [4.78, 5) is 3.93. The minimum Gasteiger partial charge on any atom is -0.300 e. The van der Waals surface area contributed by atoms with E-state index in [1.54, 1.807) is 24.3 Å². The fourth-order valence-corrected chi connectivity index (χ4v) is 9.50. The molecule has 4 aliphatic carbocycles. The summed E-state index contributed by atoms with van der Waals surface area (Å²) in [5.41, 5.74) is 29.3. The summed E-state index contributed by atoms with van der Waals surface area (Å²) >= 11 is 0. The van der Waals surface area contributed by atoms with Crippen LogP contribution in [0.3, 0.4) is 0 Å². The molecule has 306 valence electrons. The van der Waals surface area contributed by atoms with Crippen LogP contribution in [0.5, 0.6) is 0 Å². The summed E-state index contributed by atoms with van der Waals surface area (Å²) in [6, 6.07) is 43.8. The van der Waals surface area contributed by atoms with Crippen LogP contribution in [-0.4, -0.2) is 0 Å². The third-order valence-corrected chi connectivity index (χ3v) is 12.4. The van der Waals surface area contributed by atoms with Crippen LogP contribution in [0.25, 0.3) is 65.7 Å². The second kappa shape index (κ2) is 15.9. The molecule has 4 heteroatoms. The van der Waals surface area contributed by atoms with Crippen molar-refractivity contribution in [1.82, 2.24) is 0 Å². The zero-order chi connectivity index (χ0) is 44.1. The number of anilines is 4. The summed E-state index contributed by atoms with van der Waals surface area (Å²) < 4.78 is 34.9. The molecule has 4 aliphatic rings. The van der Waals surface area contributed by atoms with E-state index in [0.29, 0.717) is 39.5 Å². The molecule has 66 heavy (non-hydrogen) atoms. The lowest BCUT2D eigenvalue weighted by atomic mass is 9.90. The lowest BCUT2D eigenvalue weighted by molar-refractivity contribution is 0.628. The molecule has 12 rings (SSSR count). The van der Waals surface area contributed by atoms with E-state index in [1.165, 1.54) is 0 Å². The van der Waals surface area contributed by atoms with Crippen molar-refractivity contribution in [3.05, 3.63) is 275 Å². The van der Waals surface area contributed by atoms with Gasteiger partial charge < -0.3 is 0 Å². The van der Waals surface area contributed by atoms with Crippen molar-refractivity contribution in [3.8, 4) is 22.3 Å². The van der Waals surface area contributed by atoms with Gasteiger partial charge in [0.1, 0.15) is 11.6 Å². The van der Waals surface area contributed by atoms with E-state index in [9.17, 15) is 0 Å². The Morgan fingerprint density at radius 1 is 0.394 bits per heavy atom. The Morgan fingerprint density at radius 3 is 1.39 bits per heavy atom. The second-order valence-corrected chi connectivity index (χ2v) is 16.2. The summed E-state index contributed by atoms with van der Waals surface area (Å²) in [6.45, 7) is 0. The fraction of sp³-hybridized carbons (Fsp3) is 0. The van der Waals surface area contributed by atoms with Gasteiger partial charge in [-0.2, -0.15) is 0 Å². The van der Waals surface area contributed by atoms with Crippen LogP contribution in [-0.2, 0) is 0 Å². The van der Waals surface area contributed by atoms with Gasteiger partial charge in [0.25, 0.3) is 0 Å². The first-order chi connectivity index (χ1) is 32.6. The van der Waals surface area contributed by atoms with Crippen LogP contribution in [0, 0.1) is 11.6 Å². The van der Waals surface area contributed by atoms with Gasteiger partial charge in [0.15, 0.2) is 0 Å². The highest BCUT2D eigenvalue weighted by Crippen LogP contribution is 2.50. The summed E-state index contributed by atoms with van der Waals surface area (Å²) in [7, 11) is 0. The van der Waals surface area contributed by atoms with Gasteiger partial charge in [-0.1, -0.05) is 144 Å². The molecule has 8 aromatic rings. The number of rotatable bonds is 10. The summed E-state index contributed by atoms with van der Waals surface area (Å²) in [5.74, 6) is -0.784. The molecule has 2 nitrogen and oxygen atoms in total. The largest absolute Gasteiger partial charge is 0.300 e. The Labute approximate surface area is 380 Å². The third kappa shape index (κ3) is 6.47. The van der Waals surface area contributed by atoms with Crippen molar-refractivity contribution in [2.24, 2.45) is 0 Å². The van der Waals surface area contributed by atoms with E-state index >= 15 is 8.78 Å². The molecule has 0 fully saturated rings. The highest BCUT2D eigenvalue weighted by atomic mass is 19.1. The maximum absolute atomic E-state index is 17.4. The van der Waals surface area contributed by atoms with Crippen molar-refractivity contribution < 1.29 is 8.78 Å². The lowest BCUT2D eigenvalue weighted by Gasteiger charge is -2.31. The minimum absolute atomic E-state index is 0.372. The van der Waals surface area contributed by atoms with E-state index in [1.807, 2.05) is 143 Å². The third-order valence-electron chi connectivity index (χ3n) is 12.4. The molecule has 0 aromatic heterocycles. The quantitative estimate of drug-likeness (QED) is 0.0999. The number of allylic oxidation sites excluding steroid dienone is 12. The van der Waals surface area contributed by atoms with Crippen molar-refractivity contribution >= 4 is 66.2 Å². The molecule has 0 N–H and O–H groups in total. The molecule has 0 amide bonds. The highest BCUT2D eigenvalue weighted by Gasteiger charge is 2.29. The van der Waals surface area contributed by atoms with Crippen molar-refractivity contribution in [1.29, 1.82) is 0 Å². The Hall–Kier alpha value is -9.14. The normalized spacial score (nSPS) is 14.0. The standard InChI is InChI=1S/C62H34F2N2/c63-55-39-47(41-17-5-1-6-18-41)37-53(43-21-9-3-10-22-43)61(55)66(50-27-15-16-28-50)58-36-32-46-29-33-51-57(35-31-45-30-34-52(58)60(46)59(45)51)65(49-25-11-4-12-26-49)62-54(44-23-13-14-24-44)38-48(40-56(62)64)42-19-7-2-8-20-42/h1-9,11,13-21,23,25,27,29-40H. The maximum atomic E-state index is 17.4. The van der Waals surface area contributed by atoms with Crippen LogP contribution >= 0.6 is 0 Å². The number of nitrogens with zero attached hydrogens (tertiary/aromatic N) is 2. The number of hydrogen-bond donors (Lipinski definition) is 0. The summed E-state index contributed by atoms with van der Waals surface area (Å²) in [5, 5.41) is 5.83. The average molecular weight is 845 g/mol. The van der Waals surface area contributed by atoms with Crippen LogP contribution in [0.1, 0.15) is 11.1 Å². The topological polar surface area (TPSA) is 6.48 Å². The van der Waals surface area contributed by atoms with Crippen molar-refractivity contribution in [2.45, 2.75) is 0 Å². The molecule has 0 atom stereocenters. The van der Waals surface area contributed by atoms with E-state index < -0.39 is 11.6 Å². The lowest BCUT2D eigenvalue weighted by Crippen LogP contribution is -2.19. The molecular formula is C62H34F2N2. The second-order valence-electron chi connectivity index (χ2n) is 16.2. The Morgan fingerprint density at radius 2 is 0.879 bits per heavy atom. The Bertz CT molecular complexity index is 3890. The SMILES string of the molecule is Fc1cc(-c2ccccc2)cc(C2=C=CC=C2)c1N(C1=C=C=CC=C1)c1ccc2ccc3c(N(C4=C=CC=C4)c4c(F)cc(-c5ccccc5)cc4C4=C=C=CC=C4)ccc4ccc1c2c43. The van der Waals surface area contributed by atoms with Gasteiger partial charge in [0.05, 0.1) is 34.1 Å². The van der Waals surface area contributed by atoms with E-state index in [4.69, 9.17) is 0 Å². The molecule has 0 saturated carbocycles. The van der Waals surface area contributed by atoms with Gasteiger partial charge >= 0.3 is 0 Å². The predicted octanol–water partition coefficient (Wildman–Crippen LogP) is 16.2. The van der Waals surface area contributed by atoms with Crippen LogP contribution < -0.4 is 9.80 Å². The molecule has 0 bridgehead atoms. The first-order valence-corrected chi connectivity index (χ1v) is 21.7. The van der Waals surface area contributed by atoms with Gasteiger partial charge in [-0.15, -0.1) is 5.73 Å². The summed E-state index contributed by atoms with van der Waals surface area (Å²) in [6.07, 6.45) is 22.7. The van der Waals surface area contributed by atoms with Crippen molar-refractivity contribution in [3.63, 3.8) is 0 Å². The van der Waals surface area contributed by atoms with Gasteiger partial charge in [0.2, 0.25) is 0 Å². The first kappa shape index (κ1) is 38.5. The van der Waals surface area contributed by atoms with Crippen LogP contribution in [0.2, 0.25) is 0 Å². The molecule has 0 unspecified atom stereocenters. The van der Waals surface area contributed by atoms with Crippen molar-refractivity contribution in [2.75, 3.05) is 9.80 Å². The fourth-order valence-electron chi connectivity index (χ4n) is 9.50. The molecular weight excluding hydrogens is 811 g/mol. The average Bonchev–Trinajstić information content (AvgIpc) is 4.13. The minimum atomic E-state index is -0.393. The predicted molar refractivity (Wildman–Crippen MR) is 268 cm³/mol. The smallest absolute Gasteiger partial charge is 0.148 e. The van der Waals surface area contributed by atoms with E-state index in [-0.39, 0.29) is 0 Å². The number of benzene rings is 8. The zero-order valence-electron chi connectivity index (χ0n) is 35.3. The van der Waals surface area contributed by atoms with Crippen LogP contribution in [0.4, 0.5) is 31.5 Å². The Balaban J connectivity index is 1.11. The molecule has 0 aliphatic heterocycles. The maximum Gasteiger partial charge on any atom is 0.148 e. The molecule has 0 saturated heterocycles. The number of halogens is 2. The molecule has 0 spiro atoms. The molecule has 0 heterocycles. The van der Waals surface area contributed by atoms with Crippen LogP contribution in [0.15, 0.2) is 252 Å². The van der Waals surface area contributed by atoms with Gasteiger partial charge in [-0.3, -0.25) is 9.80 Å². The van der Waals surface area contributed by atoms with E-state index in [0.717, 1.165) is 71.5 Å². The van der Waals surface area contributed by atoms with Gasteiger partial charge in [-0.05, 0) is 135 Å². The highest BCUT2D eigenvalue weighted by molar-refractivity contribution is 6.28. The zero-order valence-corrected chi connectivity index (χ0v) is 35.3. The molecule has 0 radical (unpaired) electrons.